The molecule has 5 heteroatoms. The summed E-state index contributed by atoms with van der Waals surface area (Å²) in [5.41, 5.74) is 2.83. The maximum Gasteiger partial charge on any atom is 0.243 e. The second-order valence-electron chi connectivity index (χ2n) is 6.01. The van der Waals surface area contributed by atoms with Crippen LogP contribution in [-0.4, -0.2) is 32.8 Å². The highest BCUT2D eigenvalue weighted by atomic mass is 16.5. The average Bonchev–Trinajstić information content (AvgIpc) is 2.61. The van der Waals surface area contributed by atoms with E-state index in [0.29, 0.717) is 19.1 Å². The maximum absolute atomic E-state index is 12.2. The zero-order valence-electron chi connectivity index (χ0n) is 15.0. The first-order valence-electron chi connectivity index (χ1n) is 8.44. The van der Waals surface area contributed by atoms with Crippen LogP contribution in [0, 0.1) is 0 Å². The lowest BCUT2D eigenvalue weighted by atomic mass is 10.0. The van der Waals surface area contributed by atoms with Crippen molar-refractivity contribution in [2.24, 2.45) is 0 Å². The van der Waals surface area contributed by atoms with Gasteiger partial charge in [0.15, 0.2) is 0 Å². The lowest BCUT2D eigenvalue weighted by molar-refractivity contribution is -0.114. The molecule has 134 valence electrons. The fraction of sp³-hybridized carbons (Fsp3) is 0.350. The van der Waals surface area contributed by atoms with Crippen LogP contribution in [-0.2, 0) is 9.53 Å². The molecule has 0 spiro atoms. The van der Waals surface area contributed by atoms with Gasteiger partial charge in [-0.15, -0.1) is 0 Å². The highest BCUT2D eigenvalue weighted by Crippen LogP contribution is 2.23. The summed E-state index contributed by atoms with van der Waals surface area (Å²) in [5, 5.41) is 6.09. The zero-order chi connectivity index (χ0) is 18.1. The highest BCUT2D eigenvalue weighted by Gasteiger charge is 2.09. The number of methoxy groups -OCH3 is 1. The summed E-state index contributed by atoms with van der Waals surface area (Å²) >= 11 is 0. The molecule has 0 aliphatic rings. The second-order valence-corrected chi connectivity index (χ2v) is 6.01. The summed E-state index contributed by atoms with van der Waals surface area (Å²) in [6, 6.07) is 15.4. The molecule has 0 bridgehead atoms. The Morgan fingerprint density at radius 1 is 1.08 bits per heavy atom. The number of para-hydroxylation sites is 1. The standard InChI is InChI=1S/C20H26N2O3/c1-15(2)18-9-4-5-10-19(18)22-20(23)14-21-16-7-6-8-17(13-16)25-12-11-24-3/h4-10,13,15,21H,11-12,14H2,1-3H3,(H,22,23). The number of rotatable bonds is 9. The molecule has 2 rings (SSSR count). The lowest BCUT2D eigenvalue weighted by Crippen LogP contribution is -2.22. The van der Waals surface area contributed by atoms with E-state index in [9.17, 15) is 4.79 Å². The van der Waals surface area contributed by atoms with E-state index in [-0.39, 0.29) is 12.5 Å². The van der Waals surface area contributed by atoms with Crippen LogP contribution in [0.15, 0.2) is 48.5 Å². The summed E-state index contributed by atoms with van der Waals surface area (Å²) < 4.78 is 10.5. The van der Waals surface area contributed by atoms with Gasteiger partial charge in [0.05, 0.1) is 13.2 Å². The molecular weight excluding hydrogens is 316 g/mol. The number of amides is 1. The molecule has 0 aromatic heterocycles. The predicted octanol–water partition coefficient (Wildman–Crippen LogP) is 3.89. The zero-order valence-corrected chi connectivity index (χ0v) is 15.0. The van der Waals surface area contributed by atoms with Crippen molar-refractivity contribution in [2.45, 2.75) is 19.8 Å². The lowest BCUT2D eigenvalue weighted by Gasteiger charge is -2.14. The van der Waals surface area contributed by atoms with Crippen LogP contribution >= 0.6 is 0 Å². The smallest absolute Gasteiger partial charge is 0.243 e. The largest absolute Gasteiger partial charge is 0.491 e. The molecule has 0 saturated carbocycles. The molecule has 1 amide bonds. The molecule has 0 fully saturated rings. The predicted molar refractivity (Wildman–Crippen MR) is 101 cm³/mol. The molecule has 25 heavy (non-hydrogen) atoms. The van der Waals surface area contributed by atoms with Gasteiger partial charge in [0.1, 0.15) is 12.4 Å². The topological polar surface area (TPSA) is 59.6 Å². The van der Waals surface area contributed by atoms with Crippen LogP contribution < -0.4 is 15.4 Å². The molecule has 0 radical (unpaired) electrons. The van der Waals surface area contributed by atoms with Crippen molar-refractivity contribution < 1.29 is 14.3 Å². The molecule has 2 N–H and O–H groups in total. The molecule has 2 aromatic carbocycles. The number of hydrogen-bond acceptors (Lipinski definition) is 4. The number of nitrogens with one attached hydrogen (secondary N) is 2. The molecular formula is C20H26N2O3. The molecule has 5 nitrogen and oxygen atoms in total. The highest BCUT2D eigenvalue weighted by molar-refractivity contribution is 5.94. The van der Waals surface area contributed by atoms with Gasteiger partial charge in [0, 0.05) is 24.6 Å². The van der Waals surface area contributed by atoms with Crippen LogP contribution in [0.5, 0.6) is 5.75 Å². The molecule has 0 aliphatic carbocycles. The van der Waals surface area contributed by atoms with E-state index < -0.39 is 0 Å². The maximum atomic E-state index is 12.2. The van der Waals surface area contributed by atoms with Crippen molar-refractivity contribution in [1.82, 2.24) is 0 Å². The van der Waals surface area contributed by atoms with Crippen molar-refractivity contribution in [1.29, 1.82) is 0 Å². The van der Waals surface area contributed by atoms with Crippen LogP contribution in [0.25, 0.3) is 0 Å². The van der Waals surface area contributed by atoms with Gasteiger partial charge in [-0.1, -0.05) is 38.1 Å². The minimum Gasteiger partial charge on any atom is -0.491 e. The van der Waals surface area contributed by atoms with E-state index in [2.05, 4.69) is 24.5 Å². The Morgan fingerprint density at radius 3 is 2.64 bits per heavy atom. The van der Waals surface area contributed by atoms with E-state index in [0.717, 1.165) is 22.7 Å². The Labute approximate surface area is 149 Å². The van der Waals surface area contributed by atoms with Gasteiger partial charge < -0.3 is 20.1 Å². The van der Waals surface area contributed by atoms with Crippen LogP contribution in [0.4, 0.5) is 11.4 Å². The summed E-state index contributed by atoms with van der Waals surface area (Å²) in [5.74, 6) is 1.01. The summed E-state index contributed by atoms with van der Waals surface area (Å²) in [6.07, 6.45) is 0. The molecule has 0 saturated heterocycles. The van der Waals surface area contributed by atoms with Gasteiger partial charge in [-0.05, 0) is 29.7 Å². The summed E-state index contributed by atoms with van der Waals surface area (Å²) in [7, 11) is 1.64. The molecule has 0 atom stereocenters. The number of hydrogen-bond donors (Lipinski definition) is 2. The summed E-state index contributed by atoms with van der Waals surface area (Å²) in [6.45, 7) is 5.44. The van der Waals surface area contributed by atoms with E-state index in [4.69, 9.17) is 9.47 Å². The van der Waals surface area contributed by atoms with Gasteiger partial charge >= 0.3 is 0 Å². The van der Waals surface area contributed by atoms with Crippen molar-refractivity contribution in [3.8, 4) is 5.75 Å². The van der Waals surface area contributed by atoms with Gasteiger partial charge in [-0.3, -0.25) is 4.79 Å². The normalized spacial score (nSPS) is 10.6. The minimum absolute atomic E-state index is 0.0844. The first-order valence-corrected chi connectivity index (χ1v) is 8.44. The Balaban J connectivity index is 1.89. The van der Waals surface area contributed by atoms with Crippen molar-refractivity contribution >= 4 is 17.3 Å². The van der Waals surface area contributed by atoms with Gasteiger partial charge in [0.2, 0.25) is 5.91 Å². The van der Waals surface area contributed by atoms with Crippen molar-refractivity contribution in [3.05, 3.63) is 54.1 Å². The Bertz CT molecular complexity index is 686. The van der Waals surface area contributed by atoms with Crippen LogP contribution in [0.3, 0.4) is 0 Å². The number of carbonyl (C=O) groups is 1. The molecule has 0 heterocycles. The monoisotopic (exact) mass is 342 g/mol. The summed E-state index contributed by atoms with van der Waals surface area (Å²) in [4.78, 5) is 12.2. The van der Waals surface area contributed by atoms with Gasteiger partial charge in [-0.25, -0.2) is 0 Å². The number of anilines is 2. The van der Waals surface area contributed by atoms with E-state index >= 15 is 0 Å². The third-order valence-electron chi connectivity index (χ3n) is 3.70. The Kier molecular flexibility index (Phi) is 7.29. The van der Waals surface area contributed by atoms with E-state index in [1.54, 1.807) is 7.11 Å². The fourth-order valence-electron chi connectivity index (χ4n) is 2.43. The quantitative estimate of drug-likeness (QED) is 0.679. The average molecular weight is 342 g/mol. The number of carbonyl (C=O) groups excluding carboxylic acids is 1. The fourth-order valence-corrected chi connectivity index (χ4v) is 2.43. The van der Waals surface area contributed by atoms with Gasteiger partial charge in [0.25, 0.3) is 0 Å². The second kappa shape index (κ2) is 9.69. The molecule has 2 aromatic rings. The van der Waals surface area contributed by atoms with E-state index in [1.165, 1.54) is 0 Å². The van der Waals surface area contributed by atoms with Crippen molar-refractivity contribution in [3.63, 3.8) is 0 Å². The number of ether oxygens (including phenoxy) is 2. The minimum atomic E-state index is -0.0844. The SMILES string of the molecule is COCCOc1cccc(NCC(=O)Nc2ccccc2C(C)C)c1. The first-order chi connectivity index (χ1) is 12.1. The molecule has 0 aliphatic heterocycles. The third kappa shape index (κ3) is 6.12. The van der Waals surface area contributed by atoms with Gasteiger partial charge in [-0.2, -0.15) is 0 Å². The van der Waals surface area contributed by atoms with Crippen LogP contribution in [0.2, 0.25) is 0 Å². The molecule has 0 unspecified atom stereocenters. The number of benzene rings is 2. The van der Waals surface area contributed by atoms with Crippen molar-refractivity contribution in [2.75, 3.05) is 37.5 Å². The van der Waals surface area contributed by atoms with Crippen LogP contribution in [0.1, 0.15) is 25.3 Å². The van der Waals surface area contributed by atoms with E-state index in [1.807, 2.05) is 48.5 Å². The Hall–Kier alpha value is -2.53. The third-order valence-corrected chi connectivity index (χ3v) is 3.70. The first kappa shape index (κ1) is 18.8. The Morgan fingerprint density at radius 2 is 1.88 bits per heavy atom.